The molecule has 0 saturated carbocycles. The van der Waals surface area contributed by atoms with Crippen molar-refractivity contribution in [1.82, 2.24) is 10.6 Å². The fraction of sp³-hybridized carbons (Fsp3) is 0.286. The molecule has 0 aliphatic rings. The van der Waals surface area contributed by atoms with Crippen LogP contribution < -0.4 is 10.6 Å². The first-order chi connectivity index (χ1) is 9.79. The Labute approximate surface area is 122 Å². The van der Waals surface area contributed by atoms with Gasteiger partial charge in [0.25, 0.3) is 11.6 Å². The van der Waals surface area contributed by atoms with E-state index in [1.54, 1.807) is 19.9 Å². The number of non-ortho nitro benzene ring substituents is 1. The maximum atomic E-state index is 12.0. The molecule has 0 radical (unpaired) electrons. The van der Waals surface area contributed by atoms with Crippen molar-refractivity contribution in [1.29, 1.82) is 0 Å². The lowest BCUT2D eigenvalue weighted by molar-refractivity contribution is -0.384. The Morgan fingerprint density at radius 3 is 2.52 bits per heavy atom. The van der Waals surface area contributed by atoms with Crippen LogP contribution in [-0.4, -0.2) is 22.8 Å². The average molecular weight is 291 g/mol. The first-order valence-electron chi connectivity index (χ1n) is 6.34. The Morgan fingerprint density at radius 2 is 2.00 bits per heavy atom. The monoisotopic (exact) mass is 291 g/mol. The van der Waals surface area contributed by atoms with Crippen molar-refractivity contribution in [3.8, 4) is 0 Å². The minimum atomic E-state index is -0.524. The van der Waals surface area contributed by atoms with Gasteiger partial charge in [-0.15, -0.1) is 0 Å². The zero-order valence-electron chi connectivity index (χ0n) is 12.0. The zero-order valence-corrected chi connectivity index (χ0v) is 12.0. The third kappa shape index (κ3) is 5.43. The summed E-state index contributed by atoms with van der Waals surface area (Å²) >= 11 is 0. The van der Waals surface area contributed by atoms with Gasteiger partial charge in [-0.05, 0) is 25.5 Å². The number of benzene rings is 1. The molecule has 0 atom stereocenters. The summed E-state index contributed by atoms with van der Waals surface area (Å²) in [4.78, 5) is 33.4. The van der Waals surface area contributed by atoms with Gasteiger partial charge < -0.3 is 10.6 Å². The van der Waals surface area contributed by atoms with Crippen LogP contribution in [0, 0.1) is 10.1 Å². The summed E-state index contributed by atoms with van der Waals surface area (Å²) in [7, 11) is 0. The van der Waals surface area contributed by atoms with Crippen LogP contribution in [0.5, 0.6) is 0 Å². The van der Waals surface area contributed by atoms with Crippen LogP contribution in [0.4, 0.5) is 5.69 Å². The van der Waals surface area contributed by atoms with Gasteiger partial charge in [-0.3, -0.25) is 19.7 Å². The van der Waals surface area contributed by atoms with Gasteiger partial charge in [0.05, 0.1) is 4.92 Å². The van der Waals surface area contributed by atoms with Gasteiger partial charge in [-0.1, -0.05) is 12.1 Å². The highest BCUT2D eigenvalue weighted by Gasteiger charge is 2.13. The van der Waals surface area contributed by atoms with E-state index in [-0.39, 0.29) is 17.4 Å². The number of hydrogen-bond acceptors (Lipinski definition) is 4. The number of nitro groups is 1. The van der Waals surface area contributed by atoms with Crippen LogP contribution in [0.15, 0.2) is 30.0 Å². The van der Waals surface area contributed by atoms with Crippen molar-refractivity contribution in [3.63, 3.8) is 0 Å². The molecule has 0 unspecified atom stereocenters. The van der Waals surface area contributed by atoms with Crippen molar-refractivity contribution >= 4 is 23.6 Å². The van der Waals surface area contributed by atoms with E-state index in [0.29, 0.717) is 5.56 Å². The summed E-state index contributed by atoms with van der Waals surface area (Å²) < 4.78 is 0. The standard InChI is InChI=1S/C14H17N3O4/c1-9(2)15-14(19)13(16-10(3)18)8-11-5-4-6-12(7-11)17(20)21/h4-9H,1-3H3,(H,15,19)(H,16,18)/b13-8+. The van der Waals surface area contributed by atoms with Crippen LogP contribution in [0.2, 0.25) is 0 Å². The second kappa shape index (κ2) is 7.18. The molecular formula is C14H17N3O4. The molecule has 112 valence electrons. The number of hydrogen-bond donors (Lipinski definition) is 2. The molecule has 0 bridgehead atoms. The summed E-state index contributed by atoms with van der Waals surface area (Å²) in [6.07, 6.45) is 1.39. The number of nitro benzene ring substituents is 1. The Morgan fingerprint density at radius 1 is 1.33 bits per heavy atom. The molecule has 1 aromatic carbocycles. The van der Waals surface area contributed by atoms with E-state index in [9.17, 15) is 19.7 Å². The fourth-order valence-corrected chi connectivity index (χ4v) is 1.58. The Kier molecular flexibility index (Phi) is 5.59. The number of nitrogens with zero attached hydrogens (tertiary/aromatic N) is 1. The van der Waals surface area contributed by atoms with Crippen LogP contribution in [-0.2, 0) is 9.59 Å². The summed E-state index contributed by atoms with van der Waals surface area (Å²) in [6, 6.07) is 5.70. The first kappa shape index (κ1) is 16.4. The number of nitrogens with one attached hydrogen (secondary N) is 2. The lowest BCUT2D eigenvalue weighted by Crippen LogP contribution is -2.37. The van der Waals surface area contributed by atoms with E-state index in [4.69, 9.17) is 0 Å². The van der Waals surface area contributed by atoms with Crippen molar-refractivity contribution in [2.24, 2.45) is 0 Å². The average Bonchev–Trinajstić information content (AvgIpc) is 2.37. The zero-order chi connectivity index (χ0) is 16.0. The third-order valence-corrected chi connectivity index (χ3v) is 2.37. The second-order valence-electron chi connectivity index (χ2n) is 4.72. The van der Waals surface area contributed by atoms with Crippen LogP contribution in [0.3, 0.4) is 0 Å². The predicted molar refractivity (Wildman–Crippen MR) is 78.2 cm³/mol. The molecular weight excluding hydrogens is 274 g/mol. The van der Waals surface area contributed by atoms with Gasteiger partial charge in [0.1, 0.15) is 5.70 Å². The number of amides is 2. The van der Waals surface area contributed by atoms with E-state index in [1.165, 1.54) is 31.2 Å². The van der Waals surface area contributed by atoms with E-state index >= 15 is 0 Å². The molecule has 0 aliphatic carbocycles. The van der Waals surface area contributed by atoms with Crippen molar-refractivity contribution in [2.45, 2.75) is 26.8 Å². The Hall–Kier alpha value is -2.70. The number of carbonyl (C=O) groups excluding carboxylic acids is 2. The predicted octanol–water partition coefficient (Wildman–Crippen LogP) is 1.60. The molecule has 2 amide bonds. The molecule has 0 saturated heterocycles. The number of rotatable bonds is 5. The lowest BCUT2D eigenvalue weighted by atomic mass is 10.1. The van der Waals surface area contributed by atoms with E-state index in [0.717, 1.165) is 0 Å². The maximum absolute atomic E-state index is 12.0. The largest absolute Gasteiger partial charge is 0.349 e. The van der Waals surface area contributed by atoms with Gasteiger partial charge in [0.15, 0.2) is 0 Å². The molecule has 1 aromatic rings. The molecule has 1 rings (SSSR count). The fourth-order valence-electron chi connectivity index (χ4n) is 1.58. The van der Waals surface area contributed by atoms with E-state index in [2.05, 4.69) is 10.6 Å². The number of carbonyl (C=O) groups is 2. The molecule has 0 spiro atoms. The van der Waals surface area contributed by atoms with Gasteiger partial charge in [0, 0.05) is 25.1 Å². The minimum absolute atomic E-state index is 0.0386. The highest BCUT2D eigenvalue weighted by molar-refractivity contribution is 6.01. The third-order valence-electron chi connectivity index (χ3n) is 2.37. The summed E-state index contributed by atoms with van der Waals surface area (Å²) in [5.41, 5.74) is 0.402. The van der Waals surface area contributed by atoms with Crippen LogP contribution in [0.25, 0.3) is 6.08 Å². The normalized spacial score (nSPS) is 11.1. The van der Waals surface area contributed by atoms with Gasteiger partial charge in [-0.2, -0.15) is 0 Å². The smallest absolute Gasteiger partial charge is 0.270 e. The summed E-state index contributed by atoms with van der Waals surface area (Å²) in [5.74, 6) is -0.850. The topological polar surface area (TPSA) is 101 Å². The van der Waals surface area contributed by atoms with E-state index in [1.807, 2.05) is 0 Å². The summed E-state index contributed by atoms with van der Waals surface area (Å²) in [6.45, 7) is 4.86. The van der Waals surface area contributed by atoms with Gasteiger partial charge >= 0.3 is 0 Å². The maximum Gasteiger partial charge on any atom is 0.270 e. The summed E-state index contributed by atoms with van der Waals surface area (Å²) in [5, 5.41) is 15.8. The Bertz CT molecular complexity index is 594. The molecule has 0 aliphatic heterocycles. The molecule has 21 heavy (non-hydrogen) atoms. The van der Waals surface area contributed by atoms with Gasteiger partial charge in [-0.25, -0.2) is 0 Å². The van der Waals surface area contributed by atoms with Crippen molar-refractivity contribution in [3.05, 3.63) is 45.6 Å². The molecule has 7 nitrogen and oxygen atoms in total. The van der Waals surface area contributed by atoms with Crippen LogP contribution >= 0.6 is 0 Å². The quantitative estimate of drug-likeness (QED) is 0.488. The van der Waals surface area contributed by atoms with Crippen molar-refractivity contribution in [2.75, 3.05) is 0 Å². The highest BCUT2D eigenvalue weighted by atomic mass is 16.6. The minimum Gasteiger partial charge on any atom is -0.349 e. The molecule has 2 N–H and O–H groups in total. The van der Waals surface area contributed by atoms with Crippen molar-refractivity contribution < 1.29 is 14.5 Å². The van der Waals surface area contributed by atoms with Crippen LogP contribution in [0.1, 0.15) is 26.3 Å². The Balaban J connectivity index is 3.12. The highest BCUT2D eigenvalue weighted by Crippen LogP contribution is 2.15. The molecule has 0 fully saturated rings. The van der Waals surface area contributed by atoms with Gasteiger partial charge in [0.2, 0.25) is 5.91 Å². The molecule has 7 heteroatoms. The SMILES string of the molecule is CC(=O)N/C(=C/c1cccc([N+](=O)[O-])c1)C(=O)NC(C)C. The molecule has 0 heterocycles. The second-order valence-corrected chi connectivity index (χ2v) is 4.72. The lowest BCUT2D eigenvalue weighted by Gasteiger charge is -2.12. The van der Waals surface area contributed by atoms with E-state index < -0.39 is 16.7 Å². The molecule has 0 aromatic heterocycles. The first-order valence-corrected chi connectivity index (χ1v) is 6.34.